The molecule has 0 saturated carbocycles. The minimum atomic E-state index is -0.311. The summed E-state index contributed by atoms with van der Waals surface area (Å²) in [5.41, 5.74) is 5.68. The molecule has 1 amide bonds. The summed E-state index contributed by atoms with van der Waals surface area (Å²) in [5, 5.41) is 0. The Labute approximate surface area is 105 Å². The number of hydrogen-bond donors (Lipinski definition) is 2. The third kappa shape index (κ3) is 2.43. The number of rotatable bonds is 2. The van der Waals surface area contributed by atoms with E-state index < -0.39 is 0 Å². The summed E-state index contributed by atoms with van der Waals surface area (Å²) in [6.45, 7) is 2.48. The fraction of sp³-hybridized carbons (Fsp3) is 0.583. The second-order valence-electron chi connectivity index (χ2n) is 4.68. The normalized spacial score (nSPS) is 24.0. The highest BCUT2D eigenvalue weighted by Crippen LogP contribution is 2.23. The molecule has 1 saturated heterocycles. The van der Waals surface area contributed by atoms with Gasteiger partial charge in [0.2, 0.25) is 0 Å². The molecule has 2 heterocycles. The maximum atomic E-state index is 12.4. The van der Waals surface area contributed by atoms with Crippen LogP contribution < -0.4 is 11.3 Å². The molecule has 1 aliphatic heterocycles. The summed E-state index contributed by atoms with van der Waals surface area (Å²) in [7, 11) is 0. The Morgan fingerprint density at radius 3 is 3.00 bits per heavy atom. The number of amides is 1. The van der Waals surface area contributed by atoms with Gasteiger partial charge in [-0.1, -0.05) is 0 Å². The predicted octanol–water partition coefficient (Wildman–Crippen LogP) is 0.112. The van der Waals surface area contributed by atoms with Crippen molar-refractivity contribution in [3.05, 3.63) is 28.4 Å². The summed E-state index contributed by atoms with van der Waals surface area (Å²) < 4.78 is 0. The number of hydrogen-bond acceptors (Lipinski definition) is 4. The largest absolute Gasteiger partial charge is 0.330 e. The smallest absolute Gasteiger partial charge is 0.274 e. The molecule has 2 unspecified atom stereocenters. The number of piperidine rings is 1. The van der Waals surface area contributed by atoms with Gasteiger partial charge in [-0.3, -0.25) is 9.59 Å². The van der Waals surface area contributed by atoms with E-state index in [1.54, 1.807) is 4.90 Å². The Balaban J connectivity index is 2.24. The van der Waals surface area contributed by atoms with Crippen LogP contribution in [0.5, 0.6) is 0 Å². The number of aromatic nitrogens is 2. The van der Waals surface area contributed by atoms with Gasteiger partial charge in [0, 0.05) is 24.8 Å². The topological polar surface area (TPSA) is 92.1 Å². The third-order valence-electron chi connectivity index (χ3n) is 3.43. The van der Waals surface area contributed by atoms with Gasteiger partial charge in [0.1, 0.15) is 5.69 Å². The maximum Gasteiger partial charge on any atom is 0.274 e. The quantitative estimate of drug-likeness (QED) is 0.779. The molecule has 0 aromatic carbocycles. The van der Waals surface area contributed by atoms with Crippen LogP contribution in [0.15, 0.2) is 17.2 Å². The molecule has 2 rings (SSSR count). The first kappa shape index (κ1) is 12.8. The molecule has 0 radical (unpaired) electrons. The van der Waals surface area contributed by atoms with Gasteiger partial charge in [0.05, 0.1) is 6.20 Å². The van der Waals surface area contributed by atoms with Crippen molar-refractivity contribution in [1.82, 2.24) is 14.9 Å². The van der Waals surface area contributed by atoms with E-state index in [4.69, 9.17) is 5.73 Å². The van der Waals surface area contributed by atoms with Gasteiger partial charge in [-0.2, -0.15) is 0 Å². The Bertz CT molecular complexity index is 465. The van der Waals surface area contributed by atoms with Crippen LogP contribution in [0.2, 0.25) is 0 Å². The highest BCUT2D eigenvalue weighted by Gasteiger charge is 2.32. The highest BCUT2D eigenvalue weighted by molar-refractivity contribution is 5.92. The second kappa shape index (κ2) is 5.30. The van der Waals surface area contributed by atoms with Crippen LogP contribution in [0.4, 0.5) is 0 Å². The molecule has 0 bridgehead atoms. The van der Waals surface area contributed by atoms with E-state index >= 15 is 0 Å². The van der Waals surface area contributed by atoms with E-state index in [1.807, 2.05) is 6.92 Å². The summed E-state index contributed by atoms with van der Waals surface area (Å²) in [6, 6.07) is 0.225. The Hall–Kier alpha value is -1.69. The molecule has 2 atom stereocenters. The van der Waals surface area contributed by atoms with E-state index in [2.05, 4.69) is 9.97 Å². The molecule has 1 fully saturated rings. The molecular weight excluding hydrogens is 232 g/mol. The predicted molar refractivity (Wildman–Crippen MR) is 67.2 cm³/mol. The molecule has 0 aliphatic carbocycles. The van der Waals surface area contributed by atoms with E-state index in [1.165, 1.54) is 6.20 Å². The number of carbonyl (C=O) groups is 1. The van der Waals surface area contributed by atoms with Gasteiger partial charge in [-0.15, -0.1) is 0 Å². The average Bonchev–Trinajstić information content (AvgIpc) is 2.38. The summed E-state index contributed by atoms with van der Waals surface area (Å²) in [4.78, 5) is 31.5. The number of aromatic amines is 1. The van der Waals surface area contributed by atoms with E-state index in [-0.39, 0.29) is 29.2 Å². The zero-order chi connectivity index (χ0) is 13.1. The first-order chi connectivity index (χ1) is 8.63. The molecule has 6 nitrogen and oxygen atoms in total. The molecule has 98 valence electrons. The van der Waals surface area contributed by atoms with Crippen molar-refractivity contribution < 1.29 is 4.79 Å². The number of nitrogens with two attached hydrogens (primary N) is 1. The van der Waals surface area contributed by atoms with Crippen molar-refractivity contribution in [1.29, 1.82) is 0 Å². The number of carbonyl (C=O) groups excluding carboxylic acids is 1. The van der Waals surface area contributed by atoms with Crippen LogP contribution in [0.1, 0.15) is 36.7 Å². The fourth-order valence-electron chi connectivity index (χ4n) is 2.48. The Kier molecular flexibility index (Phi) is 3.76. The lowest BCUT2D eigenvalue weighted by molar-refractivity contribution is 0.0487. The first-order valence-electron chi connectivity index (χ1n) is 6.21. The molecule has 6 heteroatoms. The van der Waals surface area contributed by atoms with Crippen LogP contribution in [0, 0.1) is 0 Å². The highest BCUT2D eigenvalue weighted by atomic mass is 16.2. The van der Waals surface area contributed by atoms with Crippen LogP contribution in [0.3, 0.4) is 0 Å². The van der Waals surface area contributed by atoms with E-state index in [9.17, 15) is 9.59 Å². The van der Waals surface area contributed by atoms with Crippen LogP contribution in [-0.2, 0) is 0 Å². The van der Waals surface area contributed by atoms with Crippen molar-refractivity contribution in [3.8, 4) is 0 Å². The van der Waals surface area contributed by atoms with Crippen molar-refractivity contribution in [3.63, 3.8) is 0 Å². The molecule has 1 aliphatic rings. The lowest BCUT2D eigenvalue weighted by Gasteiger charge is -2.40. The standard InChI is InChI=1S/C12H18N4O2/c1-8-3-2-4-9(5-13)16(8)12(18)10-6-15-11(17)7-14-10/h6-9H,2-5,13H2,1H3,(H,15,17). The van der Waals surface area contributed by atoms with Gasteiger partial charge in [-0.25, -0.2) is 4.98 Å². The van der Waals surface area contributed by atoms with Crippen LogP contribution >= 0.6 is 0 Å². The number of H-pyrrole nitrogens is 1. The zero-order valence-electron chi connectivity index (χ0n) is 10.4. The van der Waals surface area contributed by atoms with E-state index in [0.29, 0.717) is 6.54 Å². The summed E-state index contributed by atoms with van der Waals surface area (Å²) in [5.74, 6) is -0.158. The molecule has 0 spiro atoms. The van der Waals surface area contributed by atoms with Gasteiger partial charge in [-0.05, 0) is 26.2 Å². The Morgan fingerprint density at radius 1 is 1.61 bits per heavy atom. The number of likely N-dealkylation sites (tertiary alicyclic amines) is 1. The molecule has 3 N–H and O–H groups in total. The monoisotopic (exact) mass is 250 g/mol. The molecule has 1 aromatic rings. The summed E-state index contributed by atoms with van der Waals surface area (Å²) >= 11 is 0. The average molecular weight is 250 g/mol. The zero-order valence-corrected chi connectivity index (χ0v) is 10.4. The molecule has 1 aromatic heterocycles. The van der Waals surface area contributed by atoms with Crippen molar-refractivity contribution in [2.45, 2.75) is 38.3 Å². The van der Waals surface area contributed by atoms with Crippen molar-refractivity contribution in [2.75, 3.05) is 6.54 Å². The van der Waals surface area contributed by atoms with E-state index in [0.717, 1.165) is 25.5 Å². The minimum Gasteiger partial charge on any atom is -0.330 e. The number of nitrogens with zero attached hydrogens (tertiary/aromatic N) is 2. The van der Waals surface area contributed by atoms with Gasteiger partial charge in [0.25, 0.3) is 11.5 Å². The lowest BCUT2D eigenvalue weighted by Crippen LogP contribution is -2.52. The Morgan fingerprint density at radius 2 is 2.39 bits per heavy atom. The SMILES string of the molecule is CC1CCCC(CN)N1C(=O)c1c[nH]c(=O)cn1. The second-order valence-corrected chi connectivity index (χ2v) is 4.68. The number of nitrogens with one attached hydrogen (secondary N) is 1. The molecular formula is C12H18N4O2. The first-order valence-corrected chi connectivity index (χ1v) is 6.21. The molecule has 18 heavy (non-hydrogen) atoms. The van der Waals surface area contributed by atoms with Gasteiger partial charge >= 0.3 is 0 Å². The third-order valence-corrected chi connectivity index (χ3v) is 3.43. The van der Waals surface area contributed by atoms with Crippen LogP contribution in [-0.4, -0.2) is 39.4 Å². The van der Waals surface area contributed by atoms with Crippen molar-refractivity contribution >= 4 is 5.91 Å². The summed E-state index contributed by atoms with van der Waals surface area (Å²) in [6.07, 6.45) is 5.48. The van der Waals surface area contributed by atoms with Gasteiger partial charge in [0.15, 0.2) is 0 Å². The lowest BCUT2D eigenvalue weighted by atomic mass is 9.96. The fourth-order valence-corrected chi connectivity index (χ4v) is 2.48. The van der Waals surface area contributed by atoms with Crippen molar-refractivity contribution in [2.24, 2.45) is 5.73 Å². The minimum absolute atomic E-state index is 0.0648. The van der Waals surface area contributed by atoms with Crippen LogP contribution in [0.25, 0.3) is 0 Å². The van der Waals surface area contributed by atoms with Gasteiger partial charge < -0.3 is 15.6 Å². The maximum absolute atomic E-state index is 12.4.